The molecule has 3 aromatic carbocycles. The van der Waals surface area contributed by atoms with Crippen molar-refractivity contribution in [3.05, 3.63) is 90.5 Å². The molecule has 0 aliphatic rings. The van der Waals surface area contributed by atoms with Crippen LogP contribution in [0.1, 0.15) is 25.3 Å². The first kappa shape index (κ1) is 20.9. The van der Waals surface area contributed by atoms with Crippen molar-refractivity contribution in [3.63, 3.8) is 0 Å². The summed E-state index contributed by atoms with van der Waals surface area (Å²) < 4.78 is 0. The molecule has 0 aliphatic carbocycles. The van der Waals surface area contributed by atoms with Gasteiger partial charge in [0.2, 0.25) is 0 Å². The summed E-state index contributed by atoms with van der Waals surface area (Å²) in [4.78, 5) is 2.24. The van der Waals surface area contributed by atoms with Crippen LogP contribution in [0.5, 0.6) is 0 Å². The van der Waals surface area contributed by atoms with Crippen LogP contribution in [0, 0.1) is 12.1 Å². The van der Waals surface area contributed by atoms with Crippen LogP contribution in [-0.4, -0.2) is 0 Å². The van der Waals surface area contributed by atoms with Crippen molar-refractivity contribution in [2.45, 2.75) is 19.8 Å². The Balaban J connectivity index is 0.00000144. The molecule has 0 amide bonds. The van der Waals surface area contributed by atoms with E-state index in [2.05, 4.69) is 79.4 Å². The molecule has 24 heavy (non-hydrogen) atoms. The van der Waals surface area contributed by atoms with E-state index in [-0.39, 0.29) is 42.1 Å². The fourth-order valence-electron chi connectivity index (χ4n) is 2.51. The molecule has 0 heterocycles. The molecule has 0 atom stereocenters. The Labute approximate surface area is 173 Å². The van der Waals surface area contributed by atoms with Gasteiger partial charge in [-0.25, -0.2) is 0 Å². The summed E-state index contributed by atoms with van der Waals surface area (Å²) in [6, 6.07) is 31.0. The summed E-state index contributed by atoms with van der Waals surface area (Å²) in [5.41, 5.74) is 4.76. The topological polar surface area (TPSA) is 3.24 Å². The van der Waals surface area contributed by atoms with E-state index >= 15 is 0 Å². The van der Waals surface area contributed by atoms with Crippen molar-refractivity contribution < 1.29 is 42.1 Å². The number of hydrogen-bond donors (Lipinski definition) is 0. The molecule has 122 valence electrons. The van der Waals surface area contributed by atoms with E-state index in [0.29, 0.717) is 5.92 Å². The van der Waals surface area contributed by atoms with Crippen molar-refractivity contribution >= 4 is 17.1 Å². The Hall–Kier alpha value is -1.16. The van der Waals surface area contributed by atoms with Crippen LogP contribution in [0.15, 0.2) is 72.8 Å². The van der Waals surface area contributed by atoms with Crippen LogP contribution in [0.2, 0.25) is 0 Å². The fourth-order valence-corrected chi connectivity index (χ4v) is 2.51. The molecule has 0 fully saturated rings. The Kier molecular flexibility index (Phi) is 8.67. The predicted molar refractivity (Wildman–Crippen MR) is 92.9 cm³/mol. The van der Waals surface area contributed by atoms with Gasteiger partial charge in [0.15, 0.2) is 0 Å². The average Bonchev–Trinajstić information content (AvgIpc) is 2.57. The summed E-state index contributed by atoms with van der Waals surface area (Å²) in [6.45, 7) is 4.43. The van der Waals surface area contributed by atoms with Crippen LogP contribution in [0.3, 0.4) is 0 Å². The number of rotatable bonds is 4. The van der Waals surface area contributed by atoms with Gasteiger partial charge in [0, 0.05) is 47.8 Å². The van der Waals surface area contributed by atoms with Crippen LogP contribution in [0.4, 0.5) is 17.1 Å². The number of nitrogens with zero attached hydrogens (tertiary/aromatic N) is 1. The zero-order valence-corrected chi connectivity index (χ0v) is 19.6. The SMILES string of the molecule is CC(C)c1ccc(N(c2cc[c-]cc2)c2cc[c-]cc2)cc1.[W].[W]. The summed E-state index contributed by atoms with van der Waals surface area (Å²) >= 11 is 0. The van der Waals surface area contributed by atoms with Crippen molar-refractivity contribution in [2.24, 2.45) is 0 Å². The van der Waals surface area contributed by atoms with Gasteiger partial charge in [-0.2, -0.15) is 36.4 Å². The van der Waals surface area contributed by atoms with Crippen LogP contribution in [0.25, 0.3) is 0 Å². The van der Waals surface area contributed by atoms with Gasteiger partial charge in [0.05, 0.1) is 0 Å². The minimum atomic E-state index is 0. The average molecular weight is 653 g/mol. The van der Waals surface area contributed by atoms with E-state index in [1.807, 2.05) is 24.3 Å². The van der Waals surface area contributed by atoms with E-state index in [4.69, 9.17) is 0 Å². The molecule has 3 aromatic rings. The van der Waals surface area contributed by atoms with E-state index in [1.165, 1.54) is 5.56 Å². The Morgan fingerprint density at radius 1 is 0.625 bits per heavy atom. The van der Waals surface area contributed by atoms with Crippen LogP contribution in [-0.2, 0) is 42.1 Å². The first-order chi connectivity index (χ1) is 10.8. The number of benzene rings is 3. The quantitative estimate of drug-likeness (QED) is 0.319. The van der Waals surface area contributed by atoms with E-state index in [9.17, 15) is 0 Å². The van der Waals surface area contributed by atoms with Gasteiger partial charge in [-0.05, 0) is 23.6 Å². The molecule has 0 N–H and O–H groups in total. The van der Waals surface area contributed by atoms with Gasteiger partial charge in [-0.3, -0.25) is 0 Å². The molecule has 3 rings (SSSR count). The molecular formula is C21H19NW2-2. The molecule has 0 radical (unpaired) electrons. The Morgan fingerprint density at radius 3 is 1.38 bits per heavy atom. The van der Waals surface area contributed by atoms with Crippen LogP contribution < -0.4 is 4.90 Å². The molecule has 0 spiro atoms. The monoisotopic (exact) mass is 653 g/mol. The van der Waals surface area contributed by atoms with Gasteiger partial charge in [-0.1, -0.05) is 37.4 Å². The molecule has 1 nitrogen and oxygen atoms in total. The second-order valence-electron chi connectivity index (χ2n) is 5.60. The maximum atomic E-state index is 3.08. The van der Waals surface area contributed by atoms with Gasteiger partial charge >= 0.3 is 0 Å². The molecule has 0 saturated carbocycles. The minimum absolute atomic E-state index is 0. The molecule has 0 aliphatic heterocycles. The summed E-state index contributed by atoms with van der Waals surface area (Å²) in [5, 5.41) is 0. The van der Waals surface area contributed by atoms with Gasteiger partial charge < -0.3 is 4.90 Å². The predicted octanol–water partition coefficient (Wildman–Crippen LogP) is 5.88. The molecule has 3 heteroatoms. The normalized spacial score (nSPS) is 9.79. The van der Waals surface area contributed by atoms with Crippen molar-refractivity contribution in [2.75, 3.05) is 4.90 Å². The van der Waals surface area contributed by atoms with Crippen molar-refractivity contribution in [3.8, 4) is 0 Å². The first-order valence-corrected chi connectivity index (χ1v) is 7.58. The third kappa shape index (κ3) is 4.92. The van der Waals surface area contributed by atoms with Crippen LogP contribution >= 0.6 is 0 Å². The summed E-state index contributed by atoms with van der Waals surface area (Å²) in [6.07, 6.45) is 0. The largest absolute Gasteiger partial charge is 0.358 e. The third-order valence-electron chi connectivity index (χ3n) is 3.74. The Morgan fingerprint density at radius 2 is 1.00 bits per heavy atom. The van der Waals surface area contributed by atoms with E-state index < -0.39 is 0 Å². The van der Waals surface area contributed by atoms with Gasteiger partial charge in [0.1, 0.15) is 0 Å². The third-order valence-corrected chi connectivity index (χ3v) is 3.74. The van der Waals surface area contributed by atoms with E-state index in [1.54, 1.807) is 0 Å². The second-order valence-corrected chi connectivity index (χ2v) is 5.60. The Bertz CT molecular complexity index is 670. The van der Waals surface area contributed by atoms with Crippen molar-refractivity contribution in [1.82, 2.24) is 0 Å². The molecule has 0 aromatic heterocycles. The second kappa shape index (κ2) is 9.97. The zero-order valence-electron chi connectivity index (χ0n) is 13.8. The maximum absolute atomic E-state index is 3.08. The van der Waals surface area contributed by atoms with Gasteiger partial charge in [-0.15, -0.1) is 24.3 Å². The standard InChI is InChI=1S/C21H19N.2W/c1-17(2)18-13-15-21(16-14-18)22(19-9-5-3-6-10-19)20-11-7-4-8-12-20;;/h5-17H,1-2H3;;/q-2;;. The van der Waals surface area contributed by atoms with Gasteiger partial charge in [0.25, 0.3) is 0 Å². The first-order valence-electron chi connectivity index (χ1n) is 7.58. The fraction of sp³-hybridized carbons (Fsp3) is 0.143. The van der Waals surface area contributed by atoms with Crippen molar-refractivity contribution in [1.29, 1.82) is 0 Å². The number of hydrogen-bond acceptors (Lipinski definition) is 1. The molecule has 0 saturated heterocycles. The summed E-state index contributed by atoms with van der Waals surface area (Å²) in [5.74, 6) is 0.542. The summed E-state index contributed by atoms with van der Waals surface area (Å²) in [7, 11) is 0. The number of anilines is 3. The molecular weight excluding hydrogens is 634 g/mol. The zero-order chi connectivity index (χ0) is 15.4. The molecule has 0 unspecified atom stereocenters. The molecule has 0 bridgehead atoms. The smallest absolute Gasteiger partial charge is 0.0419 e. The maximum Gasteiger partial charge on any atom is 0.0419 e. The van der Waals surface area contributed by atoms with E-state index in [0.717, 1.165) is 17.1 Å². The minimum Gasteiger partial charge on any atom is -0.358 e.